The molecule has 0 bridgehead atoms. The average Bonchev–Trinajstić information content (AvgIpc) is 2.75. The number of amides is 1. The summed E-state index contributed by atoms with van der Waals surface area (Å²) in [4.78, 5) is 14.3. The minimum Gasteiger partial charge on any atom is -0.387 e. The minimum absolute atomic E-state index is 0.0716. The quantitative estimate of drug-likeness (QED) is 0.902. The van der Waals surface area contributed by atoms with Crippen LogP contribution in [-0.4, -0.2) is 29.9 Å². The monoisotopic (exact) mass is 300 g/mol. The number of para-hydroxylation sites is 1. The maximum absolute atomic E-state index is 13.0. The van der Waals surface area contributed by atoms with E-state index in [4.69, 9.17) is 0 Å². The van der Waals surface area contributed by atoms with Gasteiger partial charge in [0, 0.05) is 19.1 Å². The molecule has 1 aromatic carbocycles. The highest BCUT2D eigenvalue weighted by atomic mass is 19.4. The fraction of sp³-hybridized carbons (Fsp3) is 0.533. The van der Waals surface area contributed by atoms with Crippen LogP contribution >= 0.6 is 0 Å². The van der Waals surface area contributed by atoms with Crippen LogP contribution in [0.3, 0.4) is 0 Å². The van der Waals surface area contributed by atoms with Crippen LogP contribution < -0.4 is 5.32 Å². The summed E-state index contributed by atoms with van der Waals surface area (Å²) in [6.45, 7) is 4.44. The molecule has 116 valence electrons. The van der Waals surface area contributed by atoms with Crippen molar-refractivity contribution in [2.75, 3.05) is 18.9 Å². The third kappa shape index (κ3) is 2.84. The number of carbonyl (C=O) groups is 1. The lowest BCUT2D eigenvalue weighted by atomic mass is 10.00. The van der Waals surface area contributed by atoms with Crippen molar-refractivity contribution < 1.29 is 18.0 Å². The van der Waals surface area contributed by atoms with Crippen LogP contribution in [0, 0.1) is 0 Å². The first-order valence-electron chi connectivity index (χ1n) is 6.88. The molecule has 1 aliphatic rings. The molecule has 0 spiro atoms. The van der Waals surface area contributed by atoms with E-state index in [0.717, 1.165) is 18.9 Å². The number of carbonyl (C=O) groups excluding carboxylic acids is 1. The van der Waals surface area contributed by atoms with Crippen molar-refractivity contribution in [2.24, 2.45) is 0 Å². The molecule has 1 fully saturated rings. The van der Waals surface area contributed by atoms with Gasteiger partial charge in [-0.2, -0.15) is 13.2 Å². The smallest absolute Gasteiger partial charge is 0.387 e. The highest BCUT2D eigenvalue weighted by Crippen LogP contribution is 2.38. The van der Waals surface area contributed by atoms with Gasteiger partial charge in [0.05, 0.1) is 16.8 Å². The van der Waals surface area contributed by atoms with Crippen LogP contribution in [-0.2, 0) is 6.18 Å². The minimum atomic E-state index is -4.49. The fourth-order valence-corrected chi connectivity index (χ4v) is 2.87. The molecule has 21 heavy (non-hydrogen) atoms. The molecule has 1 heterocycles. The summed E-state index contributed by atoms with van der Waals surface area (Å²) in [5.74, 6) is -0.354. The summed E-state index contributed by atoms with van der Waals surface area (Å²) in [6, 6.07) is 3.70. The second-order valence-corrected chi connectivity index (χ2v) is 5.85. The molecule has 0 atom stereocenters. The molecule has 0 unspecified atom stereocenters. The number of hydrogen-bond acceptors (Lipinski definition) is 2. The van der Waals surface area contributed by atoms with Crippen molar-refractivity contribution >= 4 is 11.6 Å². The van der Waals surface area contributed by atoms with Crippen molar-refractivity contribution in [1.82, 2.24) is 4.90 Å². The van der Waals surface area contributed by atoms with E-state index in [0.29, 0.717) is 6.54 Å². The van der Waals surface area contributed by atoms with Gasteiger partial charge in [0.15, 0.2) is 0 Å². The van der Waals surface area contributed by atoms with Crippen molar-refractivity contribution in [1.29, 1.82) is 0 Å². The van der Waals surface area contributed by atoms with Crippen LogP contribution in [0.5, 0.6) is 0 Å². The Bertz CT molecular complexity index is 552. The lowest BCUT2D eigenvalue weighted by molar-refractivity contribution is -0.136. The van der Waals surface area contributed by atoms with Gasteiger partial charge in [0.25, 0.3) is 5.91 Å². The Morgan fingerprint density at radius 3 is 2.48 bits per heavy atom. The van der Waals surface area contributed by atoms with E-state index in [2.05, 4.69) is 5.32 Å². The van der Waals surface area contributed by atoms with Crippen LogP contribution in [0.4, 0.5) is 18.9 Å². The molecule has 6 heteroatoms. The maximum atomic E-state index is 13.0. The number of hydrogen-bond donors (Lipinski definition) is 1. The molecule has 0 aliphatic carbocycles. The third-order valence-corrected chi connectivity index (χ3v) is 4.00. The van der Waals surface area contributed by atoms with Crippen molar-refractivity contribution in [3.8, 4) is 0 Å². The second-order valence-electron chi connectivity index (χ2n) is 5.85. The van der Waals surface area contributed by atoms with Gasteiger partial charge < -0.3 is 10.2 Å². The van der Waals surface area contributed by atoms with Crippen LogP contribution in [0.2, 0.25) is 0 Å². The summed E-state index contributed by atoms with van der Waals surface area (Å²) in [7, 11) is 1.40. The van der Waals surface area contributed by atoms with Crippen molar-refractivity contribution in [3.05, 3.63) is 29.3 Å². The predicted octanol–water partition coefficient (Wildman–Crippen LogP) is 3.76. The molecule has 0 saturated carbocycles. The zero-order chi connectivity index (χ0) is 15.8. The van der Waals surface area contributed by atoms with E-state index in [1.54, 1.807) is 4.90 Å². The number of alkyl halides is 3. The summed E-state index contributed by atoms with van der Waals surface area (Å²) in [5.41, 5.74) is -1.22. The Balaban J connectivity index is 2.47. The molecule has 1 saturated heterocycles. The molecule has 1 amide bonds. The van der Waals surface area contributed by atoms with Gasteiger partial charge in [-0.25, -0.2) is 0 Å². The normalized spacial score (nSPS) is 17.9. The predicted molar refractivity (Wildman–Crippen MR) is 75.3 cm³/mol. The van der Waals surface area contributed by atoms with E-state index in [1.807, 2.05) is 13.8 Å². The summed E-state index contributed by atoms with van der Waals surface area (Å²) >= 11 is 0. The Morgan fingerprint density at radius 1 is 1.33 bits per heavy atom. The number of nitrogens with zero attached hydrogens (tertiary/aromatic N) is 1. The van der Waals surface area contributed by atoms with Gasteiger partial charge in [-0.1, -0.05) is 6.07 Å². The van der Waals surface area contributed by atoms with Gasteiger partial charge in [0.2, 0.25) is 0 Å². The topological polar surface area (TPSA) is 32.3 Å². The number of anilines is 1. The maximum Gasteiger partial charge on any atom is 0.418 e. The van der Waals surface area contributed by atoms with E-state index >= 15 is 0 Å². The van der Waals surface area contributed by atoms with Crippen LogP contribution in [0.1, 0.15) is 42.6 Å². The van der Waals surface area contributed by atoms with E-state index in [1.165, 1.54) is 19.2 Å². The number of nitrogens with one attached hydrogen (secondary N) is 1. The zero-order valence-electron chi connectivity index (χ0n) is 12.3. The third-order valence-electron chi connectivity index (χ3n) is 4.00. The Hall–Kier alpha value is -1.72. The van der Waals surface area contributed by atoms with Crippen LogP contribution in [0.15, 0.2) is 18.2 Å². The Morgan fingerprint density at radius 2 is 2.00 bits per heavy atom. The number of rotatable bonds is 2. The largest absolute Gasteiger partial charge is 0.418 e. The summed E-state index contributed by atoms with van der Waals surface area (Å²) in [5, 5.41) is 2.53. The molecule has 0 aromatic heterocycles. The Labute approximate surface area is 122 Å². The lowest BCUT2D eigenvalue weighted by Crippen LogP contribution is -2.43. The van der Waals surface area contributed by atoms with Gasteiger partial charge in [-0.05, 0) is 38.8 Å². The fourth-order valence-electron chi connectivity index (χ4n) is 2.87. The van der Waals surface area contributed by atoms with Crippen molar-refractivity contribution in [3.63, 3.8) is 0 Å². The Kier molecular flexibility index (Phi) is 3.91. The first-order chi connectivity index (χ1) is 9.68. The first kappa shape index (κ1) is 15.7. The molecule has 1 aliphatic heterocycles. The van der Waals surface area contributed by atoms with Crippen LogP contribution in [0.25, 0.3) is 0 Å². The van der Waals surface area contributed by atoms with Gasteiger partial charge in [0.1, 0.15) is 0 Å². The highest BCUT2D eigenvalue weighted by molar-refractivity contribution is 6.01. The number of benzene rings is 1. The number of halogens is 3. The van der Waals surface area contributed by atoms with E-state index < -0.39 is 11.7 Å². The highest BCUT2D eigenvalue weighted by Gasteiger charge is 2.39. The molecule has 0 radical (unpaired) electrons. The van der Waals surface area contributed by atoms with Gasteiger partial charge in [-0.15, -0.1) is 0 Å². The average molecular weight is 300 g/mol. The standard InChI is InChI=1S/C15H19F3N2O/c1-14(2)8-5-9-20(14)13(21)10-6-4-7-11(12(10)19-3)15(16,17)18/h4,6-7,19H,5,8-9H2,1-3H3. The molecular weight excluding hydrogens is 281 g/mol. The molecule has 3 nitrogen and oxygen atoms in total. The van der Waals surface area contributed by atoms with Gasteiger partial charge >= 0.3 is 6.18 Å². The van der Waals surface area contributed by atoms with E-state index in [9.17, 15) is 18.0 Å². The van der Waals surface area contributed by atoms with Crippen molar-refractivity contribution in [2.45, 2.75) is 38.4 Å². The summed E-state index contributed by atoms with van der Waals surface area (Å²) in [6.07, 6.45) is -2.77. The number of likely N-dealkylation sites (tertiary alicyclic amines) is 1. The first-order valence-corrected chi connectivity index (χ1v) is 6.88. The summed E-state index contributed by atoms with van der Waals surface area (Å²) < 4.78 is 39.1. The molecule has 1 aromatic rings. The molecular formula is C15H19F3N2O. The SMILES string of the molecule is CNc1c(C(=O)N2CCCC2(C)C)cccc1C(F)(F)F. The second kappa shape index (κ2) is 5.24. The molecule has 1 N–H and O–H groups in total. The molecule has 2 rings (SSSR count). The van der Waals surface area contributed by atoms with E-state index in [-0.39, 0.29) is 22.7 Å². The van der Waals surface area contributed by atoms with Gasteiger partial charge in [-0.3, -0.25) is 4.79 Å². The zero-order valence-corrected chi connectivity index (χ0v) is 12.3. The lowest BCUT2D eigenvalue weighted by Gasteiger charge is -2.32.